The summed E-state index contributed by atoms with van der Waals surface area (Å²) in [5.41, 5.74) is 1.12. The molecular weight excluding hydrogens is 365 g/mol. The van der Waals surface area contributed by atoms with Crippen LogP contribution in [0.15, 0.2) is 48.5 Å². The Balaban J connectivity index is 2.00. The van der Waals surface area contributed by atoms with Crippen molar-refractivity contribution in [1.29, 1.82) is 0 Å². The van der Waals surface area contributed by atoms with Crippen molar-refractivity contribution in [3.8, 4) is 0 Å². The summed E-state index contributed by atoms with van der Waals surface area (Å²) in [6.45, 7) is 0. The van der Waals surface area contributed by atoms with Crippen LogP contribution in [0.2, 0.25) is 0 Å². The molecule has 119 valence electrons. The van der Waals surface area contributed by atoms with Crippen molar-refractivity contribution < 1.29 is 17.6 Å². The first-order chi connectivity index (χ1) is 11.0. The fraction of sp³-hybridized carbons (Fsp3) is 0.0667. The number of hydrogen-bond donors (Lipinski definition) is 3. The summed E-state index contributed by atoms with van der Waals surface area (Å²) in [6.07, 6.45) is -0.649. The van der Waals surface area contributed by atoms with Crippen LogP contribution < -0.4 is 14.2 Å². The molecule has 1 aromatic heterocycles. The fourth-order valence-electron chi connectivity index (χ4n) is 2.11. The van der Waals surface area contributed by atoms with Crippen LogP contribution in [0, 0.1) is 0 Å². The molecule has 1 heterocycles. The van der Waals surface area contributed by atoms with Crippen molar-refractivity contribution in [3.63, 3.8) is 0 Å². The van der Waals surface area contributed by atoms with Gasteiger partial charge in [0.25, 0.3) is 0 Å². The normalized spacial score (nSPS) is 13.5. The maximum absolute atomic E-state index is 12.8. The first kappa shape index (κ1) is 15.4. The molecule has 2 aromatic carbocycles. The number of nitrogens with one attached hydrogen (secondary N) is 2. The predicted molar refractivity (Wildman–Crippen MR) is 86.5 cm³/mol. The van der Waals surface area contributed by atoms with Gasteiger partial charge in [-0.2, -0.15) is 0 Å². The maximum atomic E-state index is 12.8. The van der Waals surface area contributed by atoms with Crippen molar-refractivity contribution in [2.24, 2.45) is 0 Å². The third-order valence-electron chi connectivity index (χ3n) is 3.24. The van der Waals surface area contributed by atoms with E-state index >= 15 is 0 Å². The molecule has 1 radical (unpaired) electrons. The van der Waals surface area contributed by atoms with Crippen molar-refractivity contribution in [1.82, 2.24) is 9.97 Å². The first-order valence-corrected chi connectivity index (χ1v) is 9.85. The number of nitrogens with zero attached hydrogens (tertiary/aromatic N) is 1. The van der Waals surface area contributed by atoms with E-state index < -0.39 is 19.2 Å². The summed E-state index contributed by atoms with van der Waals surface area (Å²) in [7, 11) is 1.25. The number of fused-ring (bicyclic) bond motifs is 1. The van der Waals surface area contributed by atoms with Crippen LogP contribution in [-0.4, -0.2) is 40.5 Å². The molecule has 1 amide bonds. The molecule has 0 saturated carbocycles. The predicted octanol–water partition coefficient (Wildman–Crippen LogP) is 0.720. The fourth-order valence-corrected chi connectivity index (χ4v) is 4.88. The third-order valence-corrected chi connectivity index (χ3v) is 7.03. The van der Waals surface area contributed by atoms with Crippen molar-refractivity contribution in [2.45, 2.75) is 0 Å². The van der Waals surface area contributed by atoms with Crippen molar-refractivity contribution in [3.05, 3.63) is 48.5 Å². The number of methoxy groups -OCH3 is 1. The van der Waals surface area contributed by atoms with Gasteiger partial charge in [0.15, 0.2) is 0 Å². The molecular formula is C15H14N3O4Se. The van der Waals surface area contributed by atoms with E-state index in [1.54, 1.807) is 48.5 Å². The van der Waals surface area contributed by atoms with Gasteiger partial charge in [0.05, 0.1) is 0 Å². The number of imidazole rings is 1. The number of amides is 1. The first-order valence-electron chi connectivity index (χ1n) is 6.67. The summed E-state index contributed by atoms with van der Waals surface area (Å²) in [5.74, 6) is 0.210. The summed E-state index contributed by atoms with van der Waals surface area (Å²) in [6, 6.07) is 13.3. The summed E-state index contributed by atoms with van der Waals surface area (Å²) < 4.78 is 28.4. The number of aromatic nitrogens is 2. The number of H-pyrrole nitrogens is 1. The number of rotatable bonds is 3. The Bertz CT molecular complexity index is 907. The number of carbonyl (C=O) groups is 1. The molecule has 23 heavy (non-hydrogen) atoms. The average Bonchev–Trinajstić information content (AvgIpc) is 2.96. The third kappa shape index (κ3) is 3.00. The number of benzene rings is 2. The standard InChI is InChI=1S/C15H14N3O4Se/c1-22-15(19)18-14-16-12-8-7-11(9-13(12)17-14)23(20,21)10-5-3-2-4-6-10/h2-9H,1H3,(H,20,21)(H2,16,17,18,19). The van der Waals surface area contributed by atoms with Gasteiger partial charge < -0.3 is 0 Å². The number of ether oxygens (including phenoxy) is 1. The monoisotopic (exact) mass is 380 g/mol. The van der Waals surface area contributed by atoms with Crippen LogP contribution in [0.25, 0.3) is 11.0 Å². The van der Waals surface area contributed by atoms with Crippen LogP contribution in [-0.2, 0) is 8.57 Å². The zero-order chi connectivity index (χ0) is 16.4. The molecule has 8 heteroatoms. The molecule has 0 fully saturated rings. The van der Waals surface area contributed by atoms with E-state index in [9.17, 15) is 12.8 Å². The topological polar surface area (TPSA) is 104 Å². The van der Waals surface area contributed by atoms with Gasteiger partial charge in [0.2, 0.25) is 0 Å². The van der Waals surface area contributed by atoms with E-state index in [1.165, 1.54) is 7.11 Å². The van der Waals surface area contributed by atoms with E-state index in [-0.39, 0.29) is 5.95 Å². The molecule has 1 atom stereocenters. The molecule has 0 aliphatic heterocycles. The molecule has 3 aromatic rings. The molecule has 0 saturated heterocycles. The van der Waals surface area contributed by atoms with Crippen LogP contribution in [0.5, 0.6) is 0 Å². The molecule has 0 bridgehead atoms. The van der Waals surface area contributed by atoms with Crippen LogP contribution >= 0.6 is 0 Å². The summed E-state index contributed by atoms with van der Waals surface area (Å²) in [4.78, 5) is 18.3. The van der Waals surface area contributed by atoms with Gasteiger partial charge in [0, 0.05) is 0 Å². The molecule has 0 aliphatic rings. The molecule has 0 aliphatic carbocycles. The molecule has 0 spiro atoms. The summed E-state index contributed by atoms with van der Waals surface area (Å²) in [5, 5.41) is 2.42. The number of carbonyl (C=O) groups excluding carboxylic acids is 1. The Morgan fingerprint density at radius 3 is 2.65 bits per heavy atom. The quantitative estimate of drug-likeness (QED) is 0.582. The SMILES string of the molecule is COC(=O)Nc1nc2cc([Se](=O)(O)c3ccccc3)ccc2[nH]1. The van der Waals surface area contributed by atoms with Gasteiger partial charge in [-0.05, 0) is 0 Å². The molecule has 3 rings (SSSR count). The van der Waals surface area contributed by atoms with Gasteiger partial charge in [-0.25, -0.2) is 0 Å². The second-order valence-corrected chi connectivity index (χ2v) is 8.90. The van der Waals surface area contributed by atoms with Gasteiger partial charge in [-0.15, -0.1) is 0 Å². The van der Waals surface area contributed by atoms with E-state index in [4.69, 9.17) is 0 Å². The van der Waals surface area contributed by atoms with E-state index in [1.807, 2.05) is 0 Å². The minimum atomic E-state index is -4.22. The van der Waals surface area contributed by atoms with Crippen LogP contribution in [0.4, 0.5) is 10.7 Å². The van der Waals surface area contributed by atoms with Gasteiger partial charge in [-0.3, -0.25) is 0 Å². The Hall–Kier alpha value is -2.54. The number of hydrogen-bond acceptors (Lipinski definition) is 4. The Labute approximate surface area is 134 Å². The zero-order valence-corrected chi connectivity index (χ0v) is 13.9. The van der Waals surface area contributed by atoms with Crippen LogP contribution in [0.3, 0.4) is 0 Å². The molecule has 3 N–H and O–H groups in total. The summed E-state index contributed by atoms with van der Waals surface area (Å²) >= 11 is -4.22. The molecule has 7 nitrogen and oxygen atoms in total. The van der Waals surface area contributed by atoms with Gasteiger partial charge in [0.1, 0.15) is 0 Å². The van der Waals surface area contributed by atoms with Crippen LogP contribution in [0.1, 0.15) is 0 Å². The zero-order valence-electron chi connectivity index (χ0n) is 12.1. The van der Waals surface area contributed by atoms with Crippen molar-refractivity contribution >= 4 is 45.1 Å². The average molecular weight is 379 g/mol. The second-order valence-electron chi connectivity index (χ2n) is 4.72. The van der Waals surface area contributed by atoms with E-state index in [2.05, 4.69) is 20.0 Å². The Kier molecular flexibility index (Phi) is 3.96. The van der Waals surface area contributed by atoms with Crippen molar-refractivity contribution in [2.75, 3.05) is 12.4 Å². The number of aromatic amines is 1. The van der Waals surface area contributed by atoms with Gasteiger partial charge >= 0.3 is 134 Å². The van der Waals surface area contributed by atoms with Gasteiger partial charge in [-0.1, -0.05) is 0 Å². The number of anilines is 1. The molecule has 1 unspecified atom stereocenters. The van der Waals surface area contributed by atoms with E-state index in [0.717, 1.165) is 0 Å². The Morgan fingerprint density at radius 2 is 1.96 bits per heavy atom. The minimum absolute atomic E-state index is 0.210. The Morgan fingerprint density at radius 1 is 1.22 bits per heavy atom. The van der Waals surface area contributed by atoms with E-state index in [0.29, 0.717) is 20.0 Å². The second kappa shape index (κ2) is 5.92.